The number of rotatable bonds is 4. The molecule has 0 aliphatic carbocycles. The number of hydrogen-bond acceptors (Lipinski definition) is 4. The van der Waals surface area contributed by atoms with Gasteiger partial charge in [-0.1, -0.05) is 12.1 Å². The molecule has 2 aliphatic rings. The van der Waals surface area contributed by atoms with Gasteiger partial charge in [0.05, 0.1) is 30.0 Å². The lowest BCUT2D eigenvalue weighted by Gasteiger charge is -2.38. The molecule has 1 fully saturated rings. The van der Waals surface area contributed by atoms with Crippen molar-refractivity contribution in [1.29, 1.82) is 0 Å². The minimum atomic E-state index is 0.0894. The van der Waals surface area contributed by atoms with Crippen LogP contribution in [0.4, 0.5) is 0 Å². The predicted molar refractivity (Wildman–Crippen MR) is 101 cm³/mol. The van der Waals surface area contributed by atoms with Crippen LogP contribution in [0.1, 0.15) is 27.9 Å². The van der Waals surface area contributed by atoms with E-state index in [0.29, 0.717) is 6.54 Å². The molecule has 3 aromatic rings. The molecule has 0 aromatic carbocycles. The summed E-state index contributed by atoms with van der Waals surface area (Å²) in [6.07, 6.45) is 5.65. The van der Waals surface area contributed by atoms with Crippen LogP contribution in [0.3, 0.4) is 0 Å². The number of amides is 1. The van der Waals surface area contributed by atoms with Crippen molar-refractivity contribution < 1.29 is 4.79 Å². The SMILES string of the molecule is O=C1c2cccn2[C@H]2CN(Cc3ccccn3)C[C@@H]2N1Cc1ccccn1. The number of hydrogen-bond donors (Lipinski definition) is 0. The van der Waals surface area contributed by atoms with Gasteiger partial charge in [-0.3, -0.25) is 19.7 Å². The molecule has 5 heterocycles. The van der Waals surface area contributed by atoms with Crippen molar-refractivity contribution in [3.05, 3.63) is 84.2 Å². The van der Waals surface area contributed by atoms with Gasteiger partial charge in [0.25, 0.3) is 5.91 Å². The van der Waals surface area contributed by atoms with E-state index in [0.717, 1.165) is 36.7 Å². The lowest BCUT2D eigenvalue weighted by molar-refractivity contribution is 0.0553. The fourth-order valence-corrected chi connectivity index (χ4v) is 4.29. The number of carbonyl (C=O) groups excluding carboxylic acids is 1. The molecule has 3 aromatic heterocycles. The summed E-state index contributed by atoms with van der Waals surface area (Å²) in [5, 5.41) is 0. The minimum Gasteiger partial charge on any atom is -0.337 e. The Morgan fingerprint density at radius 2 is 1.56 bits per heavy atom. The van der Waals surface area contributed by atoms with E-state index in [1.54, 1.807) is 6.20 Å². The molecule has 2 atom stereocenters. The van der Waals surface area contributed by atoms with Crippen LogP contribution in [0.2, 0.25) is 0 Å². The largest absolute Gasteiger partial charge is 0.337 e. The van der Waals surface area contributed by atoms with E-state index >= 15 is 0 Å². The number of aromatic nitrogens is 3. The fraction of sp³-hybridized carbons (Fsp3) is 0.286. The number of carbonyl (C=O) groups is 1. The van der Waals surface area contributed by atoms with Crippen molar-refractivity contribution >= 4 is 5.91 Å². The molecule has 1 amide bonds. The third-order valence-corrected chi connectivity index (χ3v) is 5.52. The van der Waals surface area contributed by atoms with Crippen molar-refractivity contribution in [1.82, 2.24) is 24.3 Å². The second-order valence-corrected chi connectivity index (χ2v) is 7.20. The maximum Gasteiger partial charge on any atom is 0.271 e. The topological polar surface area (TPSA) is 54.3 Å². The average Bonchev–Trinajstić information content (AvgIpc) is 3.34. The highest BCUT2D eigenvalue weighted by molar-refractivity contribution is 5.94. The normalized spacial score (nSPS) is 21.9. The molecule has 6 heteroatoms. The van der Waals surface area contributed by atoms with E-state index in [2.05, 4.69) is 25.5 Å². The van der Waals surface area contributed by atoms with E-state index in [1.807, 2.05) is 59.8 Å². The quantitative estimate of drug-likeness (QED) is 0.718. The number of likely N-dealkylation sites (tertiary alicyclic amines) is 1. The number of pyridine rings is 2. The van der Waals surface area contributed by atoms with Gasteiger partial charge in [-0.15, -0.1) is 0 Å². The standard InChI is InChI=1S/C21H21N5O/c27-21-18-8-5-11-25(18)19-14-24(12-16-6-1-3-9-22-16)15-20(19)26(21)13-17-7-2-4-10-23-17/h1-11,19-20H,12-15H2/t19-,20-/m0/s1. The zero-order chi connectivity index (χ0) is 18.2. The first-order chi connectivity index (χ1) is 13.3. The Kier molecular flexibility index (Phi) is 3.98. The smallest absolute Gasteiger partial charge is 0.271 e. The van der Waals surface area contributed by atoms with E-state index in [4.69, 9.17) is 0 Å². The van der Waals surface area contributed by atoms with Gasteiger partial charge < -0.3 is 9.47 Å². The molecule has 0 radical (unpaired) electrons. The van der Waals surface area contributed by atoms with Crippen molar-refractivity contribution in [3.63, 3.8) is 0 Å². The van der Waals surface area contributed by atoms with Gasteiger partial charge in [-0.2, -0.15) is 0 Å². The van der Waals surface area contributed by atoms with E-state index in [1.165, 1.54) is 0 Å². The van der Waals surface area contributed by atoms with Crippen molar-refractivity contribution in [2.45, 2.75) is 25.2 Å². The molecular formula is C21H21N5O. The van der Waals surface area contributed by atoms with Crippen molar-refractivity contribution in [3.8, 4) is 0 Å². The summed E-state index contributed by atoms with van der Waals surface area (Å²) < 4.78 is 2.15. The summed E-state index contributed by atoms with van der Waals surface area (Å²) in [6.45, 7) is 3.10. The van der Waals surface area contributed by atoms with Gasteiger partial charge in [0.2, 0.25) is 0 Å². The first-order valence-corrected chi connectivity index (χ1v) is 9.29. The summed E-state index contributed by atoms with van der Waals surface area (Å²) in [5.41, 5.74) is 2.76. The van der Waals surface area contributed by atoms with Crippen LogP contribution < -0.4 is 0 Å². The second kappa shape index (κ2) is 6.63. The lowest BCUT2D eigenvalue weighted by Crippen LogP contribution is -2.49. The summed E-state index contributed by atoms with van der Waals surface area (Å²) >= 11 is 0. The van der Waals surface area contributed by atoms with Crippen molar-refractivity contribution in [2.75, 3.05) is 13.1 Å². The van der Waals surface area contributed by atoms with E-state index < -0.39 is 0 Å². The van der Waals surface area contributed by atoms with Gasteiger partial charge in [-0.25, -0.2) is 0 Å². The Hall–Kier alpha value is -2.99. The van der Waals surface area contributed by atoms with Gasteiger partial charge in [0.1, 0.15) is 5.69 Å². The number of nitrogens with zero attached hydrogens (tertiary/aromatic N) is 5. The van der Waals surface area contributed by atoms with Gasteiger partial charge in [0.15, 0.2) is 0 Å². The van der Waals surface area contributed by atoms with E-state index in [-0.39, 0.29) is 18.0 Å². The van der Waals surface area contributed by atoms with Crippen LogP contribution in [-0.4, -0.2) is 49.4 Å². The van der Waals surface area contributed by atoms with Crippen LogP contribution in [0.15, 0.2) is 67.1 Å². The first kappa shape index (κ1) is 16.2. The summed E-state index contributed by atoms with van der Waals surface area (Å²) in [4.78, 5) is 26.4. The Morgan fingerprint density at radius 1 is 0.852 bits per heavy atom. The lowest BCUT2D eigenvalue weighted by atomic mass is 10.1. The highest BCUT2D eigenvalue weighted by Gasteiger charge is 2.44. The van der Waals surface area contributed by atoms with Crippen LogP contribution in [0.5, 0.6) is 0 Å². The first-order valence-electron chi connectivity index (χ1n) is 9.29. The molecule has 0 N–H and O–H groups in total. The minimum absolute atomic E-state index is 0.0894. The monoisotopic (exact) mass is 359 g/mol. The average molecular weight is 359 g/mol. The maximum absolute atomic E-state index is 13.1. The van der Waals surface area contributed by atoms with Gasteiger partial charge >= 0.3 is 0 Å². The van der Waals surface area contributed by atoms with Gasteiger partial charge in [0, 0.05) is 38.2 Å². The Bertz CT molecular complexity index is 939. The van der Waals surface area contributed by atoms with Gasteiger partial charge in [-0.05, 0) is 36.4 Å². The van der Waals surface area contributed by atoms with E-state index in [9.17, 15) is 4.79 Å². The summed E-state index contributed by atoms with van der Waals surface area (Å²) in [5.74, 6) is 0.0894. The molecule has 0 spiro atoms. The molecule has 5 rings (SSSR count). The third kappa shape index (κ3) is 2.92. The fourth-order valence-electron chi connectivity index (χ4n) is 4.29. The highest BCUT2D eigenvalue weighted by Crippen LogP contribution is 2.34. The van der Waals surface area contributed by atoms with Crippen LogP contribution in [-0.2, 0) is 13.1 Å². The molecular weight excluding hydrogens is 338 g/mol. The maximum atomic E-state index is 13.1. The Balaban J connectivity index is 1.44. The summed E-state index contributed by atoms with van der Waals surface area (Å²) in [6, 6.07) is 16.2. The third-order valence-electron chi connectivity index (χ3n) is 5.52. The Labute approximate surface area is 158 Å². The van der Waals surface area contributed by atoms with Crippen LogP contribution in [0.25, 0.3) is 0 Å². The van der Waals surface area contributed by atoms with Crippen LogP contribution >= 0.6 is 0 Å². The molecule has 136 valence electrons. The van der Waals surface area contributed by atoms with Crippen LogP contribution in [0, 0.1) is 0 Å². The molecule has 1 saturated heterocycles. The second-order valence-electron chi connectivity index (χ2n) is 7.20. The predicted octanol–water partition coefficient (Wildman–Crippen LogP) is 2.36. The zero-order valence-corrected chi connectivity index (χ0v) is 15.0. The molecule has 0 bridgehead atoms. The molecule has 0 saturated carbocycles. The summed E-state index contributed by atoms with van der Waals surface area (Å²) in [7, 11) is 0. The molecule has 27 heavy (non-hydrogen) atoms. The molecule has 2 aliphatic heterocycles. The Morgan fingerprint density at radius 3 is 2.26 bits per heavy atom. The number of fused-ring (bicyclic) bond motifs is 3. The molecule has 0 unspecified atom stereocenters. The van der Waals surface area contributed by atoms with Crippen molar-refractivity contribution in [2.24, 2.45) is 0 Å². The molecule has 6 nitrogen and oxygen atoms in total. The highest BCUT2D eigenvalue weighted by atomic mass is 16.2. The zero-order valence-electron chi connectivity index (χ0n) is 15.0.